The number of rotatable bonds is 7. The second kappa shape index (κ2) is 7.68. The molecule has 0 heterocycles. The molecule has 1 rings (SSSR count). The second-order valence-corrected chi connectivity index (χ2v) is 3.92. The fourth-order valence-corrected chi connectivity index (χ4v) is 1.47. The van der Waals surface area contributed by atoms with Crippen LogP contribution in [0.5, 0.6) is 5.75 Å². The third kappa shape index (κ3) is 4.73. The highest BCUT2D eigenvalue weighted by molar-refractivity contribution is 5.80. The molecule has 1 unspecified atom stereocenters. The van der Waals surface area contributed by atoms with Crippen LogP contribution in [0.1, 0.15) is 5.56 Å². The number of amides is 1. The van der Waals surface area contributed by atoms with Gasteiger partial charge in [0.2, 0.25) is 0 Å². The van der Waals surface area contributed by atoms with Crippen LogP contribution in [0, 0.1) is 6.92 Å². The SMILES string of the molecule is COC(CN)C(=O)NCCOc1cccc(C)c1. The number of nitrogens with one attached hydrogen (secondary N) is 1. The Balaban J connectivity index is 2.24. The zero-order valence-corrected chi connectivity index (χ0v) is 10.8. The van der Waals surface area contributed by atoms with Crippen molar-refractivity contribution in [1.82, 2.24) is 5.32 Å². The van der Waals surface area contributed by atoms with Crippen LogP contribution in [-0.4, -0.2) is 38.8 Å². The maximum atomic E-state index is 11.5. The van der Waals surface area contributed by atoms with Crippen LogP contribution in [0.25, 0.3) is 0 Å². The average molecular weight is 252 g/mol. The van der Waals surface area contributed by atoms with E-state index in [1.165, 1.54) is 7.11 Å². The molecule has 5 heteroatoms. The van der Waals surface area contributed by atoms with Crippen LogP contribution < -0.4 is 15.8 Å². The molecule has 0 spiro atoms. The second-order valence-electron chi connectivity index (χ2n) is 3.92. The van der Waals surface area contributed by atoms with E-state index in [2.05, 4.69) is 5.32 Å². The van der Waals surface area contributed by atoms with E-state index in [-0.39, 0.29) is 12.5 Å². The zero-order chi connectivity index (χ0) is 13.4. The smallest absolute Gasteiger partial charge is 0.250 e. The van der Waals surface area contributed by atoms with Crippen LogP contribution in [0.4, 0.5) is 0 Å². The Kier molecular flexibility index (Phi) is 6.18. The Hall–Kier alpha value is -1.59. The summed E-state index contributed by atoms with van der Waals surface area (Å²) in [6, 6.07) is 7.75. The number of hydrogen-bond donors (Lipinski definition) is 2. The van der Waals surface area contributed by atoms with Gasteiger partial charge >= 0.3 is 0 Å². The summed E-state index contributed by atoms with van der Waals surface area (Å²) in [7, 11) is 1.46. The molecule has 5 nitrogen and oxygen atoms in total. The van der Waals surface area contributed by atoms with Crippen molar-refractivity contribution in [2.45, 2.75) is 13.0 Å². The van der Waals surface area contributed by atoms with Crippen LogP contribution in [-0.2, 0) is 9.53 Å². The largest absolute Gasteiger partial charge is 0.492 e. The van der Waals surface area contributed by atoms with Gasteiger partial charge in [0, 0.05) is 13.7 Å². The molecule has 0 aromatic heterocycles. The summed E-state index contributed by atoms with van der Waals surface area (Å²) < 4.78 is 10.4. The van der Waals surface area contributed by atoms with E-state index in [1.54, 1.807) is 0 Å². The van der Waals surface area contributed by atoms with Crippen LogP contribution >= 0.6 is 0 Å². The molecular formula is C13H20N2O3. The number of benzene rings is 1. The van der Waals surface area contributed by atoms with Gasteiger partial charge < -0.3 is 20.5 Å². The summed E-state index contributed by atoms with van der Waals surface area (Å²) >= 11 is 0. The van der Waals surface area contributed by atoms with E-state index in [4.69, 9.17) is 15.2 Å². The molecule has 0 aliphatic heterocycles. The van der Waals surface area contributed by atoms with Crippen molar-refractivity contribution in [1.29, 1.82) is 0 Å². The molecule has 1 atom stereocenters. The molecule has 0 fully saturated rings. The van der Waals surface area contributed by atoms with Crippen molar-refractivity contribution in [3.8, 4) is 5.75 Å². The maximum Gasteiger partial charge on any atom is 0.250 e. The lowest BCUT2D eigenvalue weighted by atomic mass is 10.2. The minimum absolute atomic E-state index is 0.168. The van der Waals surface area contributed by atoms with Gasteiger partial charge in [0.05, 0.1) is 6.54 Å². The van der Waals surface area contributed by atoms with E-state index in [0.717, 1.165) is 11.3 Å². The molecule has 0 saturated heterocycles. The van der Waals surface area contributed by atoms with Gasteiger partial charge in [-0.3, -0.25) is 4.79 Å². The topological polar surface area (TPSA) is 73.6 Å². The lowest BCUT2D eigenvalue weighted by Gasteiger charge is -2.13. The highest BCUT2D eigenvalue weighted by Crippen LogP contribution is 2.11. The molecule has 1 aromatic rings. The van der Waals surface area contributed by atoms with Gasteiger partial charge in [-0.1, -0.05) is 12.1 Å². The van der Waals surface area contributed by atoms with Crippen molar-refractivity contribution in [3.05, 3.63) is 29.8 Å². The van der Waals surface area contributed by atoms with Gasteiger partial charge in [-0.15, -0.1) is 0 Å². The van der Waals surface area contributed by atoms with Gasteiger partial charge in [0.25, 0.3) is 5.91 Å². The first-order chi connectivity index (χ1) is 8.67. The number of nitrogens with two attached hydrogens (primary N) is 1. The Morgan fingerprint density at radius 2 is 2.28 bits per heavy atom. The summed E-state index contributed by atoms with van der Waals surface area (Å²) in [5.41, 5.74) is 6.52. The van der Waals surface area contributed by atoms with E-state index in [0.29, 0.717) is 13.2 Å². The molecule has 0 aliphatic rings. The van der Waals surface area contributed by atoms with Crippen molar-refractivity contribution in [2.24, 2.45) is 5.73 Å². The molecule has 100 valence electrons. The predicted molar refractivity (Wildman–Crippen MR) is 69.5 cm³/mol. The summed E-state index contributed by atoms with van der Waals surface area (Å²) in [6.07, 6.45) is -0.594. The van der Waals surface area contributed by atoms with Crippen molar-refractivity contribution < 1.29 is 14.3 Å². The maximum absolute atomic E-state index is 11.5. The highest BCUT2D eigenvalue weighted by Gasteiger charge is 2.14. The molecule has 0 aliphatic carbocycles. The molecule has 0 radical (unpaired) electrons. The lowest BCUT2D eigenvalue weighted by molar-refractivity contribution is -0.130. The highest BCUT2D eigenvalue weighted by atomic mass is 16.5. The number of aryl methyl sites for hydroxylation is 1. The molecule has 3 N–H and O–H groups in total. The Morgan fingerprint density at radius 3 is 2.89 bits per heavy atom. The minimum atomic E-state index is -0.594. The first-order valence-electron chi connectivity index (χ1n) is 5.87. The number of carbonyl (C=O) groups excluding carboxylic acids is 1. The Labute approximate surface area is 107 Å². The third-order valence-electron chi connectivity index (χ3n) is 2.45. The Bertz CT molecular complexity index is 378. The predicted octanol–water partition coefficient (Wildman–Crippen LogP) is 0.464. The van der Waals surface area contributed by atoms with Crippen LogP contribution in [0.15, 0.2) is 24.3 Å². The summed E-state index contributed by atoms with van der Waals surface area (Å²) in [5.74, 6) is 0.583. The van der Waals surface area contributed by atoms with Crippen molar-refractivity contribution in [2.75, 3.05) is 26.8 Å². The van der Waals surface area contributed by atoms with Crippen LogP contribution in [0.3, 0.4) is 0 Å². The van der Waals surface area contributed by atoms with Crippen LogP contribution in [0.2, 0.25) is 0 Å². The van der Waals surface area contributed by atoms with E-state index < -0.39 is 6.10 Å². The third-order valence-corrected chi connectivity index (χ3v) is 2.45. The average Bonchev–Trinajstić information content (AvgIpc) is 2.36. The van der Waals surface area contributed by atoms with Gasteiger partial charge in [-0.05, 0) is 24.6 Å². The number of ether oxygens (including phenoxy) is 2. The van der Waals surface area contributed by atoms with E-state index in [9.17, 15) is 4.79 Å². The normalized spacial score (nSPS) is 11.9. The van der Waals surface area contributed by atoms with Crippen molar-refractivity contribution >= 4 is 5.91 Å². The summed E-state index contributed by atoms with van der Waals surface area (Å²) in [5, 5.41) is 2.70. The van der Waals surface area contributed by atoms with Gasteiger partial charge in [-0.25, -0.2) is 0 Å². The van der Waals surface area contributed by atoms with E-state index >= 15 is 0 Å². The number of carbonyl (C=O) groups is 1. The number of methoxy groups -OCH3 is 1. The molecule has 18 heavy (non-hydrogen) atoms. The first-order valence-corrected chi connectivity index (χ1v) is 5.87. The van der Waals surface area contributed by atoms with Gasteiger partial charge in [0.1, 0.15) is 18.5 Å². The molecule has 1 amide bonds. The minimum Gasteiger partial charge on any atom is -0.492 e. The molecule has 0 saturated carbocycles. The molecular weight excluding hydrogens is 232 g/mol. The first kappa shape index (κ1) is 14.5. The monoisotopic (exact) mass is 252 g/mol. The summed E-state index contributed by atoms with van der Waals surface area (Å²) in [6.45, 7) is 3.00. The van der Waals surface area contributed by atoms with E-state index in [1.807, 2.05) is 31.2 Å². The molecule has 1 aromatic carbocycles. The zero-order valence-electron chi connectivity index (χ0n) is 10.8. The van der Waals surface area contributed by atoms with Gasteiger partial charge in [0.15, 0.2) is 0 Å². The number of hydrogen-bond acceptors (Lipinski definition) is 4. The Morgan fingerprint density at radius 1 is 1.50 bits per heavy atom. The van der Waals surface area contributed by atoms with Gasteiger partial charge in [-0.2, -0.15) is 0 Å². The fourth-order valence-electron chi connectivity index (χ4n) is 1.47. The molecule has 0 bridgehead atoms. The van der Waals surface area contributed by atoms with Crippen molar-refractivity contribution in [3.63, 3.8) is 0 Å². The lowest BCUT2D eigenvalue weighted by Crippen LogP contribution is -2.41. The quantitative estimate of drug-likeness (QED) is 0.692. The standard InChI is InChI=1S/C13H20N2O3/c1-10-4-3-5-11(8-10)18-7-6-15-13(16)12(9-14)17-2/h3-5,8,12H,6-7,9,14H2,1-2H3,(H,15,16). The fraction of sp³-hybridized carbons (Fsp3) is 0.462. The summed E-state index contributed by atoms with van der Waals surface area (Å²) in [4.78, 5) is 11.5.